The number of amides is 2. The maximum atomic E-state index is 13.3. The van der Waals surface area contributed by atoms with Gasteiger partial charge in [0.1, 0.15) is 6.04 Å². The van der Waals surface area contributed by atoms with Crippen molar-refractivity contribution in [3.05, 3.63) is 63.6 Å². The van der Waals surface area contributed by atoms with Gasteiger partial charge in [-0.1, -0.05) is 48.3 Å². The van der Waals surface area contributed by atoms with Crippen molar-refractivity contribution in [3.8, 4) is 0 Å². The number of aryl methyl sites for hydroxylation is 1. The number of hydrogen-bond acceptors (Lipinski definition) is 4. The average molecular weight is 543 g/mol. The van der Waals surface area contributed by atoms with Crippen molar-refractivity contribution < 1.29 is 18.0 Å². The zero-order valence-electron chi connectivity index (χ0n) is 20.6. The molecule has 2 rings (SSSR count). The third kappa shape index (κ3) is 8.40. The summed E-state index contributed by atoms with van der Waals surface area (Å²) in [6, 6.07) is 11.5. The van der Waals surface area contributed by atoms with Gasteiger partial charge in [-0.15, -0.1) is 0 Å². The molecule has 0 saturated heterocycles. The maximum Gasteiger partial charge on any atom is 0.242 e. The second-order valence-corrected chi connectivity index (χ2v) is 11.2. The van der Waals surface area contributed by atoms with E-state index < -0.39 is 16.1 Å². The van der Waals surface area contributed by atoms with Crippen LogP contribution >= 0.6 is 23.2 Å². The summed E-state index contributed by atoms with van der Waals surface area (Å²) in [5.74, 6) is -0.571. The lowest BCUT2D eigenvalue weighted by molar-refractivity contribution is -0.140. The largest absolute Gasteiger partial charge is 0.354 e. The highest BCUT2D eigenvalue weighted by atomic mass is 35.5. The summed E-state index contributed by atoms with van der Waals surface area (Å²) in [5, 5.41) is 3.62. The van der Waals surface area contributed by atoms with Crippen molar-refractivity contribution in [2.45, 2.75) is 52.6 Å². The fourth-order valence-corrected chi connectivity index (χ4v) is 5.09. The van der Waals surface area contributed by atoms with E-state index in [2.05, 4.69) is 5.32 Å². The molecule has 7 nitrogen and oxygen atoms in total. The van der Waals surface area contributed by atoms with Crippen molar-refractivity contribution in [3.63, 3.8) is 0 Å². The number of nitrogens with one attached hydrogen (secondary N) is 1. The highest BCUT2D eigenvalue weighted by Crippen LogP contribution is 2.27. The number of rotatable bonds is 12. The lowest BCUT2D eigenvalue weighted by Crippen LogP contribution is -2.48. The lowest BCUT2D eigenvalue weighted by atomic mass is 10.1. The molecule has 0 unspecified atom stereocenters. The molecular formula is C25H33Cl2N3O4S. The Labute approximate surface area is 218 Å². The summed E-state index contributed by atoms with van der Waals surface area (Å²) in [4.78, 5) is 27.4. The number of sulfonamides is 1. The van der Waals surface area contributed by atoms with E-state index in [9.17, 15) is 18.0 Å². The van der Waals surface area contributed by atoms with Gasteiger partial charge in [-0.3, -0.25) is 13.9 Å². The SMILES string of the molecule is CCCNC(=O)[C@H](C)N(Cc1c(Cl)cccc1Cl)C(=O)CCCN(c1cccc(C)c1)S(C)(=O)=O. The van der Waals surface area contributed by atoms with E-state index in [4.69, 9.17) is 23.2 Å². The van der Waals surface area contributed by atoms with Crippen LogP contribution in [0.3, 0.4) is 0 Å². The van der Waals surface area contributed by atoms with Gasteiger partial charge in [-0.2, -0.15) is 0 Å². The number of benzene rings is 2. The van der Waals surface area contributed by atoms with Crippen molar-refractivity contribution >= 4 is 50.7 Å². The monoisotopic (exact) mass is 541 g/mol. The molecule has 0 aliphatic rings. The molecule has 0 saturated carbocycles. The molecule has 0 heterocycles. The summed E-state index contributed by atoms with van der Waals surface area (Å²) in [5.41, 5.74) is 2.03. The topological polar surface area (TPSA) is 86.8 Å². The molecule has 0 spiro atoms. The predicted octanol–water partition coefficient (Wildman–Crippen LogP) is 4.79. The predicted molar refractivity (Wildman–Crippen MR) is 142 cm³/mol. The molecular weight excluding hydrogens is 509 g/mol. The molecule has 1 N–H and O–H groups in total. The van der Waals surface area contributed by atoms with Gasteiger partial charge in [-0.25, -0.2) is 8.42 Å². The third-order valence-electron chi connectivity index (χ3n) is 5.55. The van der Waals surface area contributed by atoms with Crippen molar-refractivity contribution in [2.75, 3.05) is 23.7 Å². The van der Waals surface area contributed by atoms with Crippen LogP contribution in [0.4, 0.5) is 5.69 Å². The van der Waals surface area contributed by atoms with Crippen LogP contribution in [0.5, 0.6) is 0 Å². The average Bonchev–Trinajstić information content (AvgIpc) is 2.78. The van der Waals surface area contributed by atoms with Crippen LogP contribution in [0.15, 0.2) is 42.5 Å². The fourth-order valence-electron chi connectivity index (χ4n) is 3.62. The Kier molecular flexibility index (Phi) is 10.9. The van der Waals surface area contributed by atoms with Gasteiger partial charge in [0.25, 0.3) is 0 Å². The number of hydrogen-bond donors (Lipinski definition) is 1. The first-order chi connectivity index (χ1) is 16.5. The lowest BCUT2D eigenvalue weighted by Gasteiger charge is -2.30. The second-order valence-electron chi connectivity index (χ2n) is 8.47. The van der Waals surface area contributed by atoms with E-state index in [0.29, 0.717) is 27.8 Å². The van der Waals surface area contributed by atoms with E-state index >= 15 is 0 Å². The fraction of sp³-hybridized carbons (Fsp3) is 0.440. The highest BCUT2D eigenvalue weighted by Gasteiger charge is 2.27. The first kappa shape index (κ1) is 28.9. The zero-order valence-corrected chi connectivity index (χ0v) is 22.9. The van der Waals surface area contributed by atoms with Gasteiger partial charge in [0, 0.05) is 41.7 Å². The quantitative estimate of drug-likeness (QED) is 0.418. The molecule has 0 bridgehead atoms. The Bertz CT molecular complexity index is 1120. The molecule has 0 aliphatic heterocycles. The van der Waals surface area contributed by atoms with Gasteiger partial charge in [-0.05, 0) is 56.5 Å². The summed E-state index contributed by atoms with van der Waals surface area (Å²) < 4.78 is 26.1. The molecule has 2 amide bonds. The zero-order chi connectivity index (χ0) is 26.2. The van der Waals surface area contributed by atoms with Crippen LogP contribution < -0.4 is 9.62 Å². The molecule has 1 atom stereocenters. The van der Waals surface area contributed by atoms with E-state index in [1.54, 1.807) is 43.3 Å². The Morgan fingerprint density at radius 1 is 1.09 bits per heavy atom. The Morgan fingerprint density at radius 2 is 1.71 bits per heavy atom. The Morgan fingerprint density at radius 3 is 2.29 bits per heavy atom. The number of carbonyl (C=O) groups excluding carboxylic acids is 2. The van der Waals surface area contributed by atoms with Gasteiger partial charge < -0.3 is 10.2 Å². The molecule has 0 aliphatic carbocycles. The van der Waals surface area contributed by atoms with Gasteiger partial charge in [0.15, 0.2) is 0 Å². The van der Waals surface area contributed by atoms with Crippen molar-refractivity contribution in [1.82, 2.24) is 10.2 Å². The minimum Gasteiger partial charge on any atom is -0.354 e. The van der Waals surface area contributed by atoms with Gasteiger partial charge >= 0.3 is 0 Å². The standard InChI is InChI=1S/C25H33Cl2N3O4S/c1-5-14-28-25(32)19(3)29(17-21-22(26)11-7-12-23(21)27)24(31)13-8-15-30(35(4,33)34)20-10-6-9-18(2)16-20/h6-7,9-12,16,19H,5,8,13-15,17H2,1-4H3,(H,28,32)/t19-/m0/s1. The van der Waals surface area contributed by atoms with E-state index in [1.807, 2.05) is 19.9 Å². The van der Waals surface area contributed by atoms with E-state index in [1.165, 1.54) is 9.21 Å². The highest BCUT2D eigenvalue weighted by molar-refractivity contribution is 7.92. The normalized spacial score (nSPS) is 12.2. The molecule has 0 fully saturated rings. The first-order valence-electron chi connectivity index (χ1n) is 11.5. The van der Waals surface area contributed by atoms with Gasteiger partial charge in [0.05, 0.1) is 11.9 Å². The molecule has 2 aromatic carbocycles. The smallest absolute Gasteiger partial charge is 0.242 e. The van der Waals surface area contributed by atoms with Crippen molar-refractivity contribution in [1.29, 1.82) is 0 Å². The molecule has 0 aromatic heterocycles. The third-order valence-corrected chi connectivity index (χ3v) is 7.45. The Hall–Kier alpha value is -2.29. The van der Waals surface area contributed by atoms with Gasteiger partial charge in [0.2, 0.25) is 21.8 Å². The van der Waals surface area contributed by atoms with Crippen LogP contribution in [-0.2, 0) is 26.2 Å². The number of anilines is 1. The van der Waals surface area contributed by atoms with Crippen molar-refractivity contribution in [2.24, 2.45) is 0 Å². The number of nitrogens with zero attached hydrogens (tertiary/aromatic N) is 2. The molecule has 192 valence electrons. The second kappa shape index (κ2) is 13.1. The van der Waals surface area contributed by atoms with Crippen LogP contribution in [0.25, 0.3) is 0 Å². The maximum absolute atomic E-state index is 13.3. The molecule has 10 heteroatoms. The van der Waals surface area contributed by atoms with Crippen LogP contribution in [0.2, 0.25) is 10.0 Å². The van der Waals surface area contributed by atoms with Crippen LogP contribution in [0.1, 0.15) is 44.2 Å². The molecule has 2 aromatic rings. The number of halogens is 2. The number of carbonyl (C=O) groups is 2. The molecule has 0 radical (unpaired) electrons. The van der Waals surface area contributed by atoms with E-state index in [0.717, 1.165) is 18.2 Å². The minimum atomic E-state index is -3.54. The Balaban J connectivity index is 2.21. The van der Waals surface area contributed by atoms with Crippen LogP contribution in [0, 0.1) is 6.92 Å². The summed E-state index contributed by atoms with van der Waals surface area (Å²) in [7, 11) is -3.54. The van der Waals surface area contributed by atoms with E-state index in [-0.39, 0.29) is 37.7 Å². The summed E-state index contributed by atoms with van der Waals surface area (Å²) in [6.45, 7) is 6.17. The summed E-state index contributed by atoms with van der Waals surface area (Å²) >= 11 is 12.7. The minimum absolute atomic E-state index is 0.0469. The van der Waals surface area contributed by atoms with Crippen LogP contribution in [-0.4, -0.2) is 50.5 Å². The molecule has 35 heavy (non-hydrogen) atoms. The summed E-state index contributed by atoms with van der Waals surface area (Å²) in [6.07, 6.45) is 2.23. The first-order valence-corrected chi connectivity index (χ1v) is 14.1.